The lowest BCUT2D eigenvalue weighted by atomic mass is 9.77. The molecule has 256 valence electrons. The molecule has 0 spiro atoms. The van der Waals surface area contributed by atoms with Crippen molar-refractivity contribution in [3.8, 4) is 0 Å². The van der Waals surface area contributed by atoms with E-state index in [1.807, 2.05) is 23.0 Å². The Kier molecular flexibility index (Phi) is 10.5. The van der Waals surface area contributed by atoms with Gasteiger partial charge in [0.2, 0.25) is 0 Å². The van der Waals surface area contributed by atoms with Gasteiger partial charge in [0.1, 0.15) is 5.82 Å². The highest BCUT2D eigenvalue weighted by Crippen LogP contribution is 2.41. The molecule has 0 aliphatic heterocycles. The number of imidazole rings is 1. The molecule has 0 bridgehead atoms. The molecule has 1 N–H and O–H groups in total. The maximum Gasteiger partial charge on any atom is 0.175 e. The highest BCUT2D eigenvalue weighted by Gasteiger charge is 2.41. The lowest BCUT2D eigenvalue weighted by molar-refractivity contribution is 0.271. The molecular formula is C42H45ClN6O. The molecule has 0 saturated heterocycles. The molecule has 1 aliphatic rings. The third kappa shape index (κ3) is 6.77. The zero-order chi connectivity index (χ0) is 34.3. The van der Waals surface area contributed by atoms with E-state index >= 15 is 0 Å². The van der Waals surface area contributed by atoms with Gasteiger partial charge in [-0.15, -0.1) is 15.0 Å². The summed E-state index contributed by atoms with van der Waals surface area (Å²) in [6.45, 7) is 2.66. The summed E-state index contributed by atoms with van der Waals surface area (Å²) < 4.78 is 2.09. The molecule has 7 nitrogen and oxygen atoms in total. The molecular weight excluding hydrogens is 640 g/mol. The number of aliphatic hydroxyl groups excluding tert-OH is 1. The first-order valence-corrected chi connectivity index (χ1v) is 18.4. The largest absolute Gasteiger partial charge is 0.390 e. The Hall–Kier alpha value is -4.59. The number of nitrogens with zero attached hydrogens (tertiary/aromatic N) is 6. The molecule has 4 aromatic carbocycles. The minimum Gasteiger partial charge on any atom is -0.390 e. The first-order chi connectivity index (χ1) is 24.6. The second-order valence-corrected chi connectivity index (χ2v) is 13.9. The van der Waals surface area contributed by atoms with Crippen molar-refractivity contribution in [2.75, 3.05) is 0 Å². The van der Waals surface area contributed by atoms with Crippen molar-refractivity contribution < 1.29 is 5.11 Å². The van der Waals surface area contributed by atoms with Crippen LogP contribution in [0.3, 0.4) is 0 Å². The van der Waals surface area contributed by atoms with Crippen LogP contribution in [0, 0.1) is 5.92 Å². The standard InChI is InChI=1S/C42H45ClN6O/c1-2-3-23-40-44-41(43)38(30-50)48(40)29-31-24-26-33(27-25-31)37(32-15-13-14-16-32)28-39-45-47-49(46-39)42(34-17-7-4-8-18-34,35-19-9-5-10-20-35)36-21-11-6-12-22-36/h4-12,17-22,24-27,32,37,50H,2-3,13-16,23,28-30H2,1H3. The molecule has 8 heteroatoms. The van der Waals surface area contributed by atoms with Gasteiger partial charge in [-0.1, -0.05) is 153 Å². The van der Waals surface area contributed by atoms with Crippen LogP contribution in [-0.2, 0) is 31.5 Å². The van der Waals surface area contributed by atoms with Crippen LogP contribution < -0.4 is 0 Å². The minimum atomic E-state index is -0.793. The molecule has 2 heterocycles. The number of aliphatic hydroxyl groups is 1. The predicted octanol–water partition coefficient (Wildman–Crippen LogP) is 8.76. The van der Waals surface area contributed by atoms with Crippen LogP contribution in [0.1, 0.15) is 96.5 Å². The number of aryl methyl sites for hydroxylation is 1. The van der Waals surface area contributed by atoms with Gasteiger partial charge in [0.25, 0.3) is 0 Å². The highest BCUT2D eigenvalue weighted by atomic mass is 35.5. The monoisotopic (exact) mass is 684 g/mol. The number of benzene rings is 4. The normalized spacial score (nSPS) is 14.3. The summed E-state index contributed by atoms with van der Waals surface area (Å²) in [4.78, 5) is 6.42. The summed E-state index contributed by atoms with van der Waals surface area (Å²) in [5, 5.41) is 25.3. The van der Waals surface area contributed by atoms with Crippen LogP contribution >= 0.6 is 11.6 Å². The summed E-state index contributed by atoms with van der Waals surface area (Å²) >= 11 is 6.44. The number of hydrogen-bond donors (Lipinski definition) is 1. The molecule has 6 aromatic rings. The second kappa shape index (κ2) is 15.5. The average Bonchev–Trinajstić information content (AvgIpc) is 3.93. The van der Waals surface area contributed by atoms with Crippen LogP contribution in [0.5, 0.6) is 0 Å². The first-order valence-electron chi connectivity index (χ1n) is 18.0. The Balaban J connectivity index is 1.22. The van der Waals surface area contributed by atoms with E-state index in [4.69, 9.17) is 27.0 Å². The van der Waals surface area contributed by atoms with E-state index in [0.717, 1.165) is 53.2 Å². The smallest absolute Gasteiger partial charge is 0.175 e. The quantitative estimate of drug-likeness (QED) is 0.116. The number of unbranched alkanes of at least 4 members (excludes halogenated alkanes) is 1. The third-order valence-corrected chi connectivity index (χ3v) is 10.8. The SMILES string of the molecule is CCCCc1nc(Cl)c(CO)n1Cc1ccc(C(Cc2nnn(C(c3ccccc3)(c3ccccc3)c3ccccc3)n2)C2CCCC2)cc1. The van der Waals surface area contributed by atoms with E-state index in [-0.39, 0.29) is 12.5 Å². The van der Waals surface area contributed by atoms with Gasteiger partial charge in [-0.2, -0.15) is 0 Å². The van der Waals surface area contributed by atoms with Gasteiger partial charge >= 0.3 is 0 Å². The van der Waals surface area contributed by atoms with Crippen molar-refractivity contribution in [1.82, 2.24) is 29.8 Å². The fourth-order valence-corrected chi connectivity index (χ4v) is 8.15. The van der Waals surface area contributed by atoms with E-state index in [0.29, 0.717) is 29.7 Å². The van der Waals surface area contributed by atoms with E-state index < -0.39 is 5.54 Å². The lowest BCUT2D eigenvalue weighted by Crippen LogP contribution is -2.39. The van der Waals surface area contributed by atoms with Crippen molar-refractivity contribution in [2.45, 2.75) is 82.9 Å². The van der Waals surface area contributed by atoms with E-state index in [2.05, 4.69) is 114 Å². The van der Waals surface area contributed by atoms with E-state index in [9.17, 15) is 5.11 Å². The van der Waals surface area contributed by atoms with Crippen LogP contribution in [0.25, 0.3) is 0 Å². The molecule has 0 amide bonds. The van der Waals surface area contributed by atoms with Crippen LogP contribution in [0.4, 0.5) is 0 Å². The van der Waals surface area contributed by atoms with E-state index in [1.165, 1.54) is 31.2 Å². The van der Waals surface area contributed by atoms with Crippen molar-refractivity contribution in [3.05, 3.63) is 166 Å². The Morgan fingerprint density at radius 2 is 1.40 bits per heavy atom. The van der Waals surface area contributed by atoms with Crippen LogP contribution in [0.2, 0.25) is 5.15 Å². The van der Waals surface area contributed by atoms with Gasteiger partial charge in [0.05, 0.1) is 12.3 Å². The molecule has 1 atom stereocenters. The molecule has 1 saturated carbocycles. The molecule has 1 unspecified atom stereocenters. The van der Waals surface area contributed by atoms with Crippen molar-refractivity contribution in [3.63, 3.8) is 0 Å². The third-order valence-electron chi connectivity index (χ3n) is 10.5. The fraction of sp³-hybridized carbons (Fsp3) is 0.333. The Morgan fingerprint density at radius 1 is 0.820 bits per heavy atom. The number of tetrazole rings is 1. The second-order valence-electron chi connectivity index (χ2n) is 13.5. The first kappa shape index (κ1) is 33.9. The Labute approximate surface area is 300 Å². The highest BCUT2D eigenvalue weighted by molar-refractivity contribution is 6.30. The zero-order valence-corrected chi connectivity index (χ0v) is 29.5. The van der Waals surface area contributed by atoms with Crippen molar-refractivity contribution >= 4 is 11.6 Å². The van der Waals surface area contributed by atoms with Gasteiger partial charge in [0, 0.05) is 19.4 Å². The summed E-state index contributed by atoms with van der Waals surface area (Å²) in [5.74, 6) is 2.52. The van der Waals surface area contributed by atoms with Gasteiger partial charge in [-0.3, -0.25) is 0 Å². The minimum absolute atomic E-state index is 0.131. The Bertz CT molecular complexity index is 1850. The number of halogens is 1. The zero-order valence-electron chi connectivity index (χ0n) is 28.7. The Morgan fingerprint density at radius 3 is 1.94 bits per heavy atom. The topological polar surface area (TPSA) is 81.7 Å². The number of rotatable bonds is 14. The van der Waals surface area contributed by atoms with Crippen molar-refractivity contribution in [1.29, 1.82) is 0 Å². The van der Waals surface area contributed by atoms with Crippen LogP contribution in [0.15, 0.2) is 115 Å². The molecule has 50 heavy (non-hydrogen) atoms. The number of aromatic nitrogens is 6. The van der Waals surface area contributed by atoms with Gasteiger partial charge in [0.15, 0.2) is 16.5 Å². The summed E-state index contributed by atoms with van der Waals surface area (Å²) in [7, 11) is 0. The van der Waals surface area contributed by atoms with Crippen LogP contribution in [-0.4, -0.2) is 34.9 Å². The van der Waals surface area contributed by atoms with Gasteiger partial charge in [-0.25, -0.2) is 4.98 Å². The fourth-order valence-electron chi connectivity index (χ4n) is 7.89. The lowest BCUT2D eigenvalue weighted by Gasteiger charge is -2.34. The molecule has 2 aromatic heterocycles. The van der Waals surface area contributed by atoms with Gasteiger partial charge < -0.3 is 9.67 Å². The summed E-state index contributed by atoms with van der Waals surface area (Å²) in [6, 6.07) is 40.5. The maximum absolute atomic E-state index is 10.1. The van der Waals surface area contributed by atoms with Gasteiger partial charge in [-0.05, 0) is 64.1 Å². The molecule has 1 aliphatic carbocycles. The van der Waals surface area contributed by atoms with E-state index in [1.54, 1.807) is 0 Å². The summed E-state index contributed by atoms with van der Waals surface area (Å²) in [5.41, 5.74) is 5.57. The van der Waals surface area contributed by atoms with Crippen molar-refractivity contribution in [2.24, 2.45) is 5.92 Å². The summed E-state index contributed by atoms with van der Waals surface area (Å²) in [6.07, 6.45) is 8.58. The average molecular weight is 685 g/mol. The molecule has 1 fully saturated rings. The predicted molar refractivity (Wildman–Crippen MR) is 198 cm³/mol. The molecule has 0 radical (unpaired) electrons. The number of hydrogen-bond acceptors (Lipinski definition) is 5. The molecule has 7 rings (SSSR count). The maximum atomic E-state index is 10.1.